The Morgan fingerprint density at radius 2 is 2.47 bits per heavy atom. The third-order valence-corrected chi connectivity index (χ3v) is 1.73. The minimum atomic E-state index is -1.03. The Morgan fingerprint density at radius 1 is 1.73 bits per heavy atom. The fourth-order valence-corrected chi connectivity index (χ4v) is 1.04. The van der Waals surface area contributed by atoms with Gasteiger partial charge in [-0.2, -0.15) is 5.10 Å². The third kappa shape index (κ3) is 3.59. The van der Waals surface area contributed by atoms with Gasteiger partial charge in [-0.1, -0.05) is 0 Å². The van der Waals surface area contributed by atoms with Gasteiger partial charge in [0.25, 0.3) is 0 Å². The van der Waals surface area contributed by atoms with Gasteiger partial charge in [-0.05, 0) is 6.92 Å². The number of rotatable bonds is 6. The van der Waals surface area contributed by atoms with E-state index >= 15 is 0 Å². The average molecular weight is 214 g/mol. The molecule has 0 saturated heterocycles. The standard InChI is InChI=1S/C9H14N2O4/c1-3-14-8(9(12)13)6-15-7-4-10-11(2)5-7/h4-5,8H,3,6H2,1-2H3,(H,12,13). The van der Waals surface area contributed by atoms with E-state index in [2.05, 4.69) is 5.10 Å². The zero-order valence-corrected chi connectivity index (χ0v) is 8.71. The molecule has 0 bridgehead atoms. The van der Waals surface area contributed by atoms with Crippen LogP contribution in [0.4, 0.5) is 0 Å². The molecule has 1 aromatic rings. The van der Waals surface area contributed by atoms with Crippen LogP contribution in [0.1, 0.15) is 6.92 Å². The number of ether oxygens (including phenoxy) is 2. The van der Waals surface area contributed by atoms with E-state index in [1.165, 1.54) is 6.20 Å². The summed E-state index contributed by atoms with van der Waals surface area (Å²) in [5.74, 6) is -0.496. The molecule has 6 nitrogen and oxygen atoms in total. The first kappa shape index (κ1) is 11.5. The van der Waals surface area contributed by atoms with Crippen molar-refractivity contribution in [3.8, 4) is 5.75 Å². The van der Waals surface area contributed by atoms with Crippen LogP contribution in [-0.4, -0.2) is 40.2 Å². The molecule has 0 aliphatic rings. The van der Waals surface area contributed by atoms with Crippen LogP contribution in [0.3, 0.4) is 0 Å². The fourth-order valence-electron chi connectivity index (χ4n) is 1.04. The molecule has 0 amide bonds. The first-order valence-electron chi connectivity index (χ1n) is 4.59. The predicted octanol–water partition coefficient (Wildman–Crippen LogP) is 0.289. The Morgan fingerprint density at radius 3 is 2.93 bits per heavy atom. The van der Waals surface area contributed by atoms with E-state index in [-0.39, 0.29) is 6.61 Å². The van der Waals surface area contributed by atoms with E-state index < -0.39 is 12.1 Å². The van der Waals surface area contributed by atoms with Crippen LogP contribution in [0.5, 0.6) is 5.75 Å². The summed E-state index contributed by atoms with van der Waals surface area (Å²) < 4.78 is 11.8. The number of hydrogen-bond acceptors (Lipinski definition) is 4. The Hall–Kier alpha value is -1.56. The molecule has 84 valence electrons. The van der Waals surface area contributed by atoms with Crippen LogP contribution >= 0.6 is 0 Å². The Labute approximate surface area is 87.4 Å². The lowest BCUT2D eigenvalue weighted by molar-refractivity contribution is -0.152. The fraction of sp³-hybridized carbons (Fsp3) is 0.556. The second kappa shape index (κ2) is 5.35. The molecule has 0 radical (unpaired) electrons. The number of hydrogen-bond donors (Lipinski definition) is 1. The summed E-state index contributed by atoms with van der Waals surface area (Å²) in [5, 5.41) is 12.7. The smallest absolute Gasteiger partial charge is 0.336 e. The average Bonchev–Trinajstić information content (AvgIpc) is 2.58. The maximum atomic E-state index is 10.7. The lowest BCUT2D eigenvalue weighted by atomic mass is 10.4. The van der Waals surface area contributed by atoms with Gasteiger partial charge in [0.05, 0.1) is 12.4 Å². The number of carboxylic acids is 1. The van der Waals surface area contributed by atoms with Crippen molar-refractivity contribution in [3.63, 3.8) is 0 Å². The van der Waals surface area contributed by atoms with Crippen molar-refractivity contribution in [2.45, 2.75) is 13.0 Å². The van der Waals surface area contributed by atoms with Crippen LogP contribution in [0.15, 0.2) is 12.4 Å². The highest BCUT2D eigenvalue weighted by molar-refractivity contribution is 5.72. The SMILES string of the molecule is CCOC(COc1cnn(C)c1)C(=O)O. The largest absolute Gasteiger partial charge is 0.487 e. The summed E-state index contributed by atoms with van der Waals surface area (Å²) in [4.78, 5) is 10.7. The van der Waals surface area contributed by atoms with Crippen molar-refractivity contribution in [2.75, 3.05) is 13.2 Å². The van der Waals surface area contributed by atoms with Gasteiger partial charge in [-0.25, -0.2) is 4.79 Å². The summed E-state index contributed by atoms with van der Waals surface area (Å²) >= 11 is 0. The molecule has 1 aromatic heterocycles. The van der Waals surface area contributed by atoms with Crippen LogP contribution in [0.25, 0.3) is 0 Å². The summed E-state index contributed by atoms with van der Waals surface area (Å²) in [6, 6.07) is 0. The van der Waals surface area contributed by atoms with Crippen LogP contribution in [-0.2, 0) is 16.6 Å². The lowest BCUT2D eigenvalue weighted by Crippen LogP contribution is -2.30. The number of carbonyl (C=O) groups is 1. The molecule has 1 heterocycles. The van der Waals surface area contributed by atoms with Crippen LogP contribution < -0.4 is 4.74 Å². The first-order chi connectivity index (χ1) is 7.13. The number of nitrogens with zero attached hydrogens (tertiary/aromatic N) is 2. The van der Waals surface area contributed by atoms with Crippen molar-refractivity contribution in [1.82, 2.24) is 9.78 Å². The molecule has 1 atom stereocenters. The van der Waals surface area contributed by atoms with Gasteiger partial charge < -0.3 is 14.6 Å². The summed E-state index contributed by atoms with van der Waals surface area (Å²) in [6.07, 6.45) is 2.24. The maximum absolute atomic E-state index is 10.7. The molecular weight excluding hydrogens is 200 g/mol. The topological polar surface area (TPSA) is 73.6 Å². The Balaban J connectivity index is 2.43. The number of aromatic nitrogens is 2. The van der Waals surface area contributed by atoms with Gasteiger partial charge in [0.15, 0.2) is 11.9 Å². The van der Waals surface area contributed by atoms with Crippen molar-refractivity contribution < 1.29 is 19.4 Å². The molecule has 0 aliphatic heterocycles. The zero-order chi connectivity index (χ0) is 11.3. The van der Waals surface area contributed by atoms with E-state index in [0.29, 0.717) is 12.4 Å². The summed E-state index contributed by atoms with van der Waals surface area (Å²) in [5.41, 5.74) is 0. The molecular formula is C9H14N2O4. The predicted molar refractivity (Wildman–Crippen MR) is 51.8 cm³/mol. The van der Waals surface area contributed by atoms with Gasteiger partial charge in [0, 0.05) is 13.7 Å². The van der Waals surface area contributed by atoms with Gasteiger partial charge in [-0.15, -0.1) is 0 Å². The van der Waals surface area contributed by atoms with Crippen LogP contribution in [0.2, 0.25) is 0 Å². The van der Waals surface area contributed by atoms with Gasteiger partial charge in [0.1, 0.15) is 6.61 Å². The summed E-state index contributed by atoms with van der Waals surface area (Å²) in [7, 11) is 1.75. The third-order valence-electron chi connectivity index (χ3n) is 1.73. The second-order valence-electron chi connectivity index (χ2n) is 2.94. The monoisotopic (exact) mass is 214 g/mol. The Bertz CT molecular complexity index is 324. The molecule has 6 heteroatoms. The van der Waals surface area contributed by atoms with Gasteiger partial charge in [-0.3, -0.25) is 4.68 Å². The van der Waals surface area contributed by atoms with E-state index in [1.54, 1.807) is 24.9 Å². The molecule has 0 aromatic carbocycles. The molecule has 0 fully saturated rings. The summed E-state index contributed by atoms with van der Waals surface area (Å²) in [6.45, 7) is 2.06. The molecule has 1 rings (SSSR count). The first-order valence-corrected chi connectivity index (χ1v) is 4.59. The minimum Gasteiger partial charge on any atom is -0.487 e. The second-order valence-corrected chi connectivity index (χ2v) is 2.94. The quantitative estimate of drug-likeness (QED) is 0.736. The van der Waals surface area contributed by atoms with Crippen molar-refractivity contribution >= 4 is 5.97 Å². The number of aryl methyl sites for hydroxylation is 1. The number of aliphatic carboxylic acids is 1. The van der Waals surface area contributed by atoms with Crippen molar-refractivity contribution in [1.29, 1.82) is 0 Å². The van der Waals surface area contributed by atoms with Gasteiger partial charge >= 0.3 is 5.97 Å². The highest BCUT2D eigenvalue weighted by Crippen LogP contribution is 2.08. The highest BCUT2D eigenvalue weighted by Gasteiger charge is 2.18. The zero-order valence-electron chi connectivity index (χ0n) is 8.71. The lowest BCUT2D eigenvalue weighted by Gasteiger charge is -2.12. The van der Waals surface area contributed by atoms with Crippen molar-refractivity contribution in [3.05, 3.63) is 12.4 Å². The van der Waals surface area contributed by atoms with Gasteiger partial charge in [0.2, 0.25) is 0 Å². The molecule has 0 spiro atoms. The molecule has 1 N–H and O–H groups in total. The van der Waals surface area contributed by atoms with Crippen LogP contribution in [0, 0.1) is 0 Å². The van der Waals surface area contributed by atoms with E-state index in [0.717, 1.165) is 0 Å². The van der Waals surface area contributed by atoms with E-state index in [9.17, 15) is 4.79 Å². The normalized spacial score (nSPS) is 12.4. The number of carboxylic acid groups (broad SMARTS) is 1. The van der Waals surface area contributed by atoms with Crippen molar-refractivity contribution in [2.24, 2.45) is 7.05 Å². The Kier molecular flexibility index (Phi) is 4.11. The van der Waals surface area contributed by atoms with E-state index in [1.807, 2.05) is 0 Å². The molecule has 0 aliphatic carbocycles. The molecule has 0 saturated carbocycles. The minimum absolute atomic E-state index is 0.0190. The maximum Gasteiger partial charge on any atom is 0.336 e. The highest BCUT2D eigenvalue weighted by atomic mass is 16.5. The molecule has 15 heavy (non-hydrogen) atoms. The van der Waals surface area contributed by atoms with E-state index in [4.69, 9.17) is 14.6 Å². The molecule has 1 unspecified atom stereocenters.